The molecule has 0 radical (unpaired) electrons. The zero-order valence-electron chi connectivity index (χ0n) is 8.73. The van der Waals surface area contributed by atoms with Crippen LogP contribution in [-0.2, 0) is 4.79 Å². The Morgan fingerprint density at radius 1 is 1.31 bits per heavy atom. The van der Waals surface area contributed by atoms with Gasteiger partial charge in [0, 0.05) is 17.8 Å². The first kappa shape index (κ1) is 13.0. The number of rotatable bonds is 4. The van der Waals surface area contributed by atoms with Gasteiger partial charge in [-0.25, -0.2) is 0 Å². The summed E-state index contributed by atoms with van der Waals surface area (Å²) >= 11 is 0. The number of hydrogen-bond donors (Lipinski definition) is 2. The number of carbonyl (C=O) groups excluding carboxylic acids is 1. The number of ketones is 1. The molecule has 0 saturated carbocycles. The standard InChI is InChI=1S/C10H14F3NO2/c11-10(12,13)9(16)7-3-1-2-4-8(7)14-5-6-15/h14-15H,1-6H2. The van der Waals surface area contributed by atoms with E-state index in [0.717, 1.165) is 6.42 Å². The van der Waals surface area contributed by atoms with Crippen LogP contribution in [0.25, 0.3) is 0 Å². The lowest BCUT2D eigenvalue weighted by Gasteiger charge is -2.21. The first-order valence-corrected chi connectivity index (χ1v) is 5.15. The topological polar surface area (TPSA) is 49.3 Å². The summed E-state index contributed by atoms with van der Waals surface area (Å²) in [6.07, 6.45) is -2.84. The zero-order valence-corrected chi connectivity index (χ0v) is 8.73. The van der Waals surface area contributed by atoms with E-state index < -0.39 is 12.0 Å². The number of aliphatic hydroxyl groups is 1. The molecule has 1 aliphatic carbocycles. The Hall–Kier alpha value is -1.04. The SMILES string of the molecule is O=C(C1=C(NCCO)CCCC1)C(F)(F)F. The van der Waals surface area contributed by atoms with Crippen LogP contribution in [0.2, 0.25) is 0 Å². The summed E-state index contributed by atoms with van der Waals surface area (Å²) in [7, 11) is 0. The maximum absolute atomic E-state index is 12.3. The average Bonchev–Trinajstić information content (AvgIpc) is 2.24. The molecule has 1 rings (SSSR count). The van der Waals surface area contributed by atoms with Gasteiger partial charge in [0.1, 0.15) is 0 Å². The summed E-state index contributed by atoms with van der Waals surface area (Å²) in [6, 6.07) is 0. The number of nitrogens with one attached hydrogen (secondary N) is 1. The van der Waals surface area contributed by atoms with Gasteiger partial charge in [-0.1, -0.05) is 0 Å². The predicted octanol–water partition coefficient (Wildman–Crippen LogP) is 1.53. The van der Waals surface area contributed by atoms with E-state index in [2.05, 4.69) is 5.32 Å². The van der Waals surface area contributed by atoms with Crippen molar-refractivity contribution in [2.75, 3.05) is 13.2 Å². The maximum atomic E-state index is 12.3. The van der Waals surface area contributed by atoms with Crippen LogP contribution in [0.1, 0.15) is 25.7 Å². The van der Waals surface area contributed by atoms with Crippen LogP contribution >= 0.6 is 0 Å². The third-order valence-electron chi connectivity index (χ3n) is 2.45. The third-order valence-corrected chi connectivity index (χ3v) is 2.45. The van der Waals surface area contributed by atoms with E-state index in [9.17, 15) is 18.0 Å². The second-order valence-electron chi connectivity index (χ2n) is 3.64. The monoisotopic (exact) mass is 237 g/mol. The van der Waals surface area contributed by atoms with Crippen molar-refractivity contribution in [2.45, 2.75) is 31.9 Å². The Labute approximate surface area is 91.3 Å². The molecule has 0 heterocycles. The van der Waals surface area contributed by atoms with Gasteiger partial charge >= 0.3 is 6.18 Å². The molecule has 0 atom stereocenters. The normalized spacial score (nSPS) is 17.5. The number of Topliss-reactive ketones (excluding diaryl/α,β-unsaturated/α-hetero) is 1. The average molecular weight is 237 g/mol. The Kier molecular flexibility index (Phi) is 4.35. The molecular weight excluding hydrogens is 223 g/mol. The van der Waals surface area contributed by atoms with Gasteiger partial charge in [0.2, 0.25) is 0 Å². The van der Waals surface area contributed by atoms with Crippen molar-refractivity contribution in [3.8, 4) is 0 Å². The van der Waals surface area contributed by atoms with Crippen molar-refractivity contribution in [2.24, 2.45) is 0 Å². The summed E-state index contributed by atoms with van der Waals surface area (Å²) < 4.78 is 36.8. The highest BCUT2D eigenvalue weighted by molar-refractivity contribution is 6.00. The quantitative estimate of drug-likeness (QED) is 0.779. The van der Waals surface area contributed by atoms with Gasteiger partial charge in [-0.2, -0.15) is 13.2 Å². The van der Waals surface area contributed by atoms with E-state index in [1.54, 1.807) is 0 Å². The highest BCUT2D eigenvalue weighted by atomic mass is 19.4. The van der Waals surface area contributed by atoms with Gasteiger partial charge < -0.3 is 10.4 Å². The fourth-order valence-electron chi connectivity index (χ4n) is 1.73. The van der Waals surface area contributed by atoms with Crippen LogP contribution in [0.5, 0.6) is 0 Å². The maximum Gasteiger partial charge on any atom is 0.454 e. The molecule has 92 valence electrons. The number of hydrogen-bond acceptors (Lipinski definition) is 3. The minimum absolute atomic E-state index is 0.159. The Balaban J connectivity index is 2.85. The van der Waals surface area contributed by atoms with E-state index in [4.69, 9.17) is 5.11 Å². The fraction of sp³-hybridized carbons (Fsp3) is 0.700. The van der Waals surface area contributed by atoms with E-state index in [1.165, 1.54) is 0 Å². The minimum Gasteiger partial charge on any atom is -0.395 e. The number of aliphatic hydroxyl groups excluding tert-OH is 1. The van der Waals surface area contributed by atoms with E-state index in [-0.39, 0.29) is 25.1 Å². The van der Waals surface area contributed by atoms with Gasteiger partial charge in [-0.15, -0.1) is 0 Å². The van der Waals surface area contributed by atoms with Crippen LogP contribution in [0.4, 0.5) is 13.2 Å². The first-order valence-electron chi connectivity index (χ1n) is 5.15. The van der Waals surface area contributed by atoms with Crippen molar-refractivity contribution in [3.05, 3.63) is 11.3 Å². The van der Waals surface area contributed by atoms with Crippen molar-refractivity contribution in [1.29, 1.82) is 0 Å². The molecule has 0 amide bonds. The van der Waals surface area contributed by atoms with Crippen LogP contribution < -0.4 is 5.32 Å². The second kappa shape index (κ2) is 5.34. The molecule has 0 aromatic heterocycles. The second-order valence-corrected chi connectivity index (χ2v) is 3.64. The number of halogens is 3. The number of carbonyl (C=O) groups is 1. The Bertz CT molecular complexity index is 297. The van der Waals surface area contributed by atoms with Gasteiger partial charge in [0.25, 0.3) is 5.78 Å². The van der Waals surface area contributed by atoms with Crippen LogP contribution in [0.3, 0.4) is 0 Å². The molecule has 0 aromatic carbocycles. The lowest BCUT2D eigenvalue weighted by Crippen LogP contribution is -2.30. The largest absolute Gasteiger partial charge is 0.454 e. The Morgan fingerprint density at radius 2 is 1.94 bits per heavy atom. The lowest BCUT2D eigenvalue weighted by atomic mass is 9.93. The molecule has 0 aromatic rings. The van der Waals surface area contributed by atoms with E-state index >= 15 is 0 Å². The molecule has 0 aliphatic heterocycles. The van der Waals surface area contributed by atoms with Gasteiger partial charge in [-0.05, 0) is 25.7 Å². The van der Waals surface area contributed by atoms with Gasteiger partial charge in [-0.3, -0.25) is 4.79 Å². The van der Waals surface area contributed by atoms with Gasteiger partial charge in [0.15, 0.2) is 0 Å². The zero-order chi connectivity index (χ0) is 12.2. The number of allylic oxidation sites excluding steroid dienone is 2. The molecule has 0 saturated heterocycles. The minimum atomic E-state index is -4.81. The van der Waals surface area contributed by atoms with Crippen LogP contribution in [0.15, 0.2) is 11.3 Å². The van der Waals surface area contributed by atoms with Crippen molar-refractivity contribution in [1.82, 2.24) is 5.32 Å². The number of alkyl halides is 3. The van der Waals surface area contributed by atoms with Crippen molar-refractivity contribution >= 4 is 5.78 Å². The van der Waals surface area contributed by atoms with Crippen molar-refractivity contribution < 1.29 is 23.1 Å². The molecule has 0 fully saturated rings. The molecule has 6 heteroatoms. The first-order chi connectivity index (χ1) is 7.46. The molecular formula is C10H14F3NO2. The Morgan fingerprint density at radius 3 is 2.50 bits per heavy atom. The van der Waals surface area contributed by atoms with Crippen LogP contribution in [-0.4, -0.2) is 30.2 Å². The fourth-order valence-corrected chi connectivity index (χ4v) is 1.73. The molecule has 16 heavy (non-hydrogen) atoms. The lowest BCUT2D eigenvalue weighted by molar-refractivity contribution is -0.166. The molecule has 0 bridgehead atoms. The summed E-state index contributed by atoms with van der Waals surface area (Å²) in [4.78, 5) is 11.1. The van der Waals surface area contributed by atoms with Crippen molar-refractivity contribution in [3.63, 3.8) is 0 Å². The highest BCUT2D eigenvalue weighted by Gasteiger charge is 2.41. The highest BCUT2D eigenvalue weighted by Crippen LogP contribution is 2.29. The van der Waals surface area contributed by atoms with Crippen LogP contribution in [0, 0.1) is 0 Å². The molecule has 2 N–H and O–H groups in total. The van der Waals surface area contributed by atoms with E-state index in [1.807, 2.05) is 0 Å². The molecule has 0 unspecified atom stereocenters. The summed E-state index contributed by atoms with van der Waals surface area (Å²) in [6.45, 7) is 0.000951. The van der Waals surface area contributed by atoms with E-state index in [0.29, 0.717) is 18.5 Å². The molecule has 0 spiro atoms. The van der Waals surface area contributed by atoms with Gasteiger partial charge in [0.05, 0.1) is 6.61 Å². The predicted molar refractivity (Wildman–Crippen MR) is 51.6 cm³/mol. The summed E-state index contributed by atoms with van der Waals surface area (Å²) in [5.74, 6) is -1.76. The summed E-state index contributed by atoms with van der Waals surface area (Å²) in [5, 5.41) is 11.3. The smallest absolute Gasteiger partial charge is 0.395 e. The molecule has 1 aliphatic rings. The third kappa shape index (κ3) is 3.23. The summed E-state index contributed by atoms with van der Waals surface area (Å²) in [5.41, 5.74) is 0.162. The molecule has 3 nitrogen and oxygen atoms in total.